The third-order valence-corrected chi connectivity index (χ3v) is 1.52. The van der Waals surface area contributed by atoms with Gasteiger partial charge < -0.3 is 4.74 Å². The Morgan fingerprint density at radius 1 is 1.56 bits per heavy atom. The summed E-state index contributed by atoms with van der Waals surface area (Å²) in [4.78, 5) is 7.80. The second-order valence-electron chi connectivity index (χ2n) is 2.44. The highest BCUT2D eigenvalue weighted by atomic mass is 35.5. The van der Waals surface area contributed by atoms with Crippen molar-refractivity contribution in [2.24, 2.45) is 4.99 Å². The van der Waals surface area contributed by atoms with Gasteiger partial charge in [-0.1, -0.05) is 35.4 Å². The molecular weight excluding hydrogens is 287 g/mol. The van der Waals surface area contributed by atoms with E-state index in [9.17, 15) is 0 Å². The second kappa shape index (κ2) is 8.56. The standard InChI is InChI=1S/C8H8N2OS.CCl2S/c1-6-3-8(11-2)9-4-7(6)10-5-12;2-1(3)4/h3-4H,1-2H3;. The van der Waals surface area contributed by atoms with E-state index in [1.54, 1.807) is 19.4 Å². The van der Waals surface area contributed by atoms with E-state index in [2.05, 4.69) is 39.6 Å². The molecule has 0 amide bonds. The zero-order valence-electron chi connectivity index (χ0n) is 8.53. The van der Waals surface area contributed by atoms with Gasteiger partial charge in [0.1, 0.15) is 0 Å². The SMILES string of the molecule is COc1cc(C)c(N=C=S)cn1.S=C(Cl)Cl. The molecule has 3 nitrogen and oxygen atoms in total. The number of rotatable bonds is 2. The number of hydrogen-bond acceptors (Lipinski definition) is 5. The van der Waals surface area contributed by atoms with Crippen LogP contribution >= 0.6 is 47.6 Å². The molecule has 1 rings (SSSR count). The number of isothiocyanates is 1. The molecule has 7 heteroatoms. The highest BCUT2D eigenvalue weighted by Gasteiger charge is 1.98. The van der Waals surface area contributed by atoms with Crippen molar-refractivity contribution >= 4 is 62.3 Å². The maximum Gasteiger partial charge on any atom is 0.213 e. The van der Waals surface area contributed by atoms with Gasteiger partial charge in [-0.05, 0) is 24.7 Å². The molecule has 0 fully saturated rings. The minimum atomic E-state index is -0.0556. The van der Waals surface area contributed by atoms with Crippen LogP contribution in [-0.2, 0) is 0 Å². The summed E-state index contributed by atoms with van der Waals surface area (Å²) in [5, 5.41) is 2.29. The third-order valence-electron chi connectivity index (χ3n) is 1.43. The molecule has 0 bridgehead atoms. The predicted molar refractivity (Wildman–Crippen MR) is 74.5 cm³/mol. The first-order chi connectivity index (χ1) is 7.51. The zero-order valence-corrected chi connectivity index (χ0v) is 11.7. The maximum absolute atomic E-state index is 4.93. The Bertz CT molecular complexity index is 416. The lowest BCUT2D eigenvalue weighted by Gasteiger charge is -2.00. The number of methoxy groups -OCH3 is 1. The Hall–Kier alpha value is -0.580. The minimum absolute atomic E-state index is 0.0556. The van der Waals surface area contributed by atoms with Gasteiger partial charge in [0.2, 0.25) is 5.88 Å². The van der Waals surface area contributed by atoms with Crippen LogP contribution in [0.4, 0.5) is 5.69 Å². The number of aromatic nitrogens is 1. The summed E-state index contributed by atoms with van der Waals surface area (Å²) in [5.41, 5.74) is 1.70. The van der Waals surface area contributed by atoms with Gasteiger partial charge in [-0.15, -0.1) is 0 Å². The summed E-state index contributed by atoms with van der Waals surface area (Å²) in [6.07, 6.45) is 1.60. The lowest BCUT2D eigenvalue weighted by atomic mass is 10.2. The van der Waals surface area contributed by atoms with E-state index in [0.29, 0.717) is 5.88 Å². The summed E-state index contributed by atoms with van der Waals surface area (Å²) in [5.74, 6) is 0.579. The summed E-state index contributed by atoms with van der Waals surface area (Å²) >= 11 is 18.1. The van der Waals surface area contributed by atoms with Gasteiger partial charge in [0.25, 0.3) is 0 Å². The fourth-order valence-corrected chi connectivity index (χ4v) is 0.899. The fourth-order valence-electron chi connectivity index (χ4n) is 0.801. The van der Waals surface area contributed by atoms with Gasteiger partial charge in [0, 0.05) is 6.07 Å². The van der Waals surface area contributed by atoms with Crippen molar-refractivity contribution in [1.29, 1.82) is 0 Å². The van der Waals surface area contributed by atoms with Crippen molar-refractivity contribution < 1.29 is 4.74 Å². The molecule has 1 aromatic heterocycles. The summed E-state index contributed by atoms with van der Waals surface area (Å²) < 4.78 is 4.87. The average Bonchev–Trinajstić information content (AvgIpc) is 2.20. The zero-order chi connectivity index (χ0) is 12.6. The Kier molecular flexibility index (Phi) is 8.25. The van der Waals surface area contributed by atoms with Crippen molar-refractivity contribution in [2.75, 3.05) is 7.11 Å². The van der Waals surface area contributed by atoms with Gasteiger partial charge in [-0.2, -0.15) is 4.99 Å². The molecule has 86 valence electrons. The molecule has 16 heavy (non-hydrogen) atoms. The summed E-state index contributed by atoms with van der Waals surface area (Å²) in [6.45, 7) is 1.91. The first-order valence-corrected chi connectivity index (χ1v) is 5.52. The van der Waals surface area contributed by atoms with Crippen LogP contribution in [0.15, 0.2) is 17.3 Å². The molecule has 0 aromatic carbocycles. The third kappa shape index (κ3) is 6.82. The number of hydrogen-bond donors (Lipinski definition) is 0. The lowest BCUT2D eigenvalue weighted by molar-refractivity contribution is 0.397. The molecule has 1 aromatic rings. The topological polar surface area (TPSA) is 34.5 Å². The van der Waals surface area contributed by atoms with Gasteiger partial charge in [-0.3, -0.25) is 0 Å². The van der Waals surface area contributed by atoms with Crippen LogP contribution in [0.1, 0.15) is 5.56 Å². The number of aliphatic imine (C=N–C) groups is 1. The molecule has 1 heterocycles. The first kappa shape index (κ1) is 15.4. The normalized spacial score (nSPS) is 8.25. The monoisotopic (exact) mass is 294 g/mol. The molecule has 0 aliphatic heterocycles. The number of halogens is 2. The van der Waals surface area contributed by atoms with Crippen LogP contribution in [0, 0.1) is 6.92 Å². The Morgan fingerprint density at radius 3 is 2.50 bits per heavy atom. The number of pyridine rings is 1. The van der Waals surface area contributed by atoms with Crippen LogP contribution in [0.3, 0.4) is 0 Å². The van der Waals surface area contributed by atoms with Gasteiger partial charge in [0.15, 0.2) is 3.78 Å². The van der Waals surface area contributed by atoms with Crippen LogP contribution < -0.4 is 4.74 Å². The van der Waals surface area contributed by atoms with Gasteiger partial charge in [-0.25, -0.2) is 4.98 Å². The molecule has 0 spiro atoms. The van der Waals surface area contributed by atoms with Crippen LogP contribution in [0.5, 0.6) is 5.88 Å². The van der Waals surface area contributed by atoms with Gasteiger partial charge in [0.05, 0.1) is 24.2 Å². The number of nitrogens with zero attached hydrogens (tertiary/aromatic N) is 2. The lowest BCUT2D eigenvalue weighted by Crippen LogP contribution is -1.87. The van der Waals surface area contributed by atoms with Crippen LogP contribution in [0.25, 0.3) is 0 Å². The number of ether oxygens (including phenoxy) is 1. The number of aryl methyl sites for hydroxylation is 1. The highest BCUT2D eigenvalue weighted by molar-refractivity contribution is 7.86. The van der Waals surface area contributed by atoms with Crippen molar-refractivity contribution in [1.82, 2.24) is 4.98 Å². The minimum Gasteiger partial charge on any atom is -0.481 e. The fraction of sp³-hybridized carbons (Fsp3) is 0.222. The second-order valence-corrected chi connectivity index (χ2v) is 4.43. The van der Waals surface area contributed by atoms with E-state index in [1.807, 2.05) is 6.92 Å². The summed E-state index contributed by atoms with van der Waals surface area (Å²) in [7, 11) is 1.57. The van der Waals surface area contributed by atoms with Gasteiger partial charge >= 0.3 is 0 Å². The molecule has 0 N–H and O–H groups in total. The van der Waals surface area contributed by atoms with Crippen LogP contribution in [-0.4, -0.2) is 21.0 Å². The average molecular weight is 295 g/mol. The van der Waals surface area contributed by atoms with Crippen LogP contribution in [0.2, 0.25) is 0 Å². The highest BCUT2D eigenvalue weighted by Crippen LogP contribution is 2.19. The molecule has 0 saturated carbocycles. The Balaban J connectivity index is 0.000000487. The predicted octanol–water partition coefficient (Wildman–Crippen LogP) is 3.88. The van der Waals surface area contributed by atoms with E-state index in [1.165, 1.54) is 0 Å². The summed E-state index contributed by atoms with van der Waals surface area (Å²) in [6, 6.07) is 1.80. The van der Waals surface area contributed by atoms with E-state index in [4.69, 9.17) is 27.9 Å². The van der Waals surface area contributed by atoms with Crippen molar-refractivity contribution in [3.63, 3.8) is 0 Å². The van der Waals surface area contributed by atoms with E-state index >= 15 is 0 Å². The maximum atomic E-state index is 4.93. The van der Waals surface area contributed by atoms with E-state index in [-0.39, 0.29) is 3.78 Å². The molecule has 0 saturated heterocycles. The quantitative estimate of drug-likeness (QED) is 0.471. The Morgan fingerprint density at radius 2 is 2.12 bits per heavy atom. The molecule has 0 aliphatic rings. The molecular formula is C9H8Cl2N2OS2. The largest absolute Gasteiger partial charge is 0.481 e. The van der Waals surface area contributed by atoms with Crippen molar-refractivity contribution in [3.05, 3.63) is 17.8 Å². The van der Waals surface area contributed by atoms with E-state index in [0.717, 1.165) is 11.3 Å². The van der Waals surface area contributed by atoms with E-state index < -0.39 is 0 Å². The van der Waals surface area contributed by atoms with Crippen molar-refractivity contribution in [3.8, 4) is 5.88 Å². The Labute approximate surface area is 114 Å². The molecule has 0 aliphatic carbocycles. The molecule has 0 atom stereocenters. The first-order valence-electron chi connectivity index (χ1n) is 3.94. The number of thiocarbonyl (C=S) groups is 2. The smallest absolute Gasteiger partial charge is 0.213 e. The molecule has 0 radical (unpaired) electrons. The molecule has 0 unspecified atom stereocenters. The van der Waals surface area contributed by atoms with Crippen molar-refractivity contribution in [2.45, 2.75) is 6.92 Å².